The van der Waals surface area contributed by atoms with Crippen LogP contribution in [0.1, 0.15) is 15.9 Å². The van der Waals surface area contributed by atoms with E-state index in [-0.39, 0.29) is 5.91 Å². The number of hydrogen-bond donors (Lipinski definition) is 1. The molecule has 0 unspecified atom stereocenters. The van der Waals surface area contributed by atoms with Gasteiger partial charge in [0.05, 0.1) is 0 Å². The highest BCUT2D eigenvalue weighted by Gasteiger charge is 2.10. The van der Waals surface area contributed by atoms with E-state index in [0.717, 1.165) is 38.7 Å². The number of aryl methyl sites for hydroxylation is 1. The summed E-state index contributed by atoms with van der Waals surface area (Å²) < 4.78 is 5.84. The molecule has 4 nitrogen and oxygen atoms in total. The van der Waals surface area contributed by atoms with Crippen molar-refractivity contribution in [2.45, 2.75) is 6.92 Å². The molecule has 0 saturated heterocycles. The molecule has 140 valence electrons. The van der Waals surface area contributed by atoms with Crippen LogP contribution in [0.4, 0.5) is 5.69 Å². The molecule has 0 saturated carbocycles. The lowest BCUT2D eigenvalue weighted by atomic mass is 10.1. The number of hydrogen-bond acceptors (Lipinski definition) is 3. The van der Waals surface area contributed by atoms with Crippen LogP contribution in [0.2, 0.25) is 0 Å². The SMILES string of the molecule is Cc1ccc2oc(-c3ccc(NC(=O)c4ccc5ccccc5c4)cc3)nc2c1. The largest absolute Gasteiger partial charge is 0.436 e. The van der Waals surface area contributed by atoms with Crippen molar-refractivity contribution in [1.82, 2.24) is 4.98 Å². The van der Waals surface area contributed by atoms with E-state index in [1.165, 1.54) is 0 Å². The highest BCUT2D eigenvalue weighted by molar-refractivity contribution is 6.06. The topological polar surface area (TPSA) is 55.1 Å². The van der Waals surface area contributed by atoms with Crippen LogP contribution in [0.15, 0.2) is 89.3 Å². The molecule has 0 spiro atoms. The lowest BCUT2D eigenvalue weighted by Gasteiger charge is -2.07. The number of oxazole rings is 1. The summed E-state index contributed by atoms with van der Waals surface area (Å²) in [5, 5.41) is 5.10. The van der Waals surface area contributed by atoms with Gasteiger partial charge in [0.1, 0.15) is 5.52 Å². The molecule has 0 fully saturated rings. The first kappa shape index (κ1) is 17.2. The third kappa shape index (κ3) is 3.36. The van der Waals surface area contributed by atoms with Gasteiger partial charge in [0.15, 0.2) is 5.58 Å². The summed E-state index contributed by atoms with van der Waals surface area (Å²) in [6.45, 7) is 2.03. The van der Waals surface area contributed by atoms with E-state index in [1.54, 1.807) is 0 Å². The first-order chi connectivity index (χ1) is 14.2. The monoisotopic (exact) mass is 378 g/mol. The van der Waals surface area contributed by atoms with Crippen LogP contribution in [-0.2, 0) is 0 Å². The third-order valence-electron chi connectivity index (χ3n) is 4.94. The number of fused-ring (bicyclic) bond motifs is 2. The van der Waals surface area contributed by atoms with Gasteiger partial charge in [-0.2, -0.15) is 0 Å². The molecule has 0 aliphatic rings. The van der Waals surface area contributed by atoms with Crippen molar-refractivity contribution in [2.24, 2.45) is 0 Å². The minimum atomic E-state index is -0.138. The van der Waals surface area contributed by atoms with Crippen molar-refractivity contribution in [3.8, 4) is 11.5 Å². The lowest BCUT2D eigenvalue weighted by molar-refractivity contribution is 0.102. The zero-order valence-electron chi connectivity index (χ0n) is 15.8. The van der Waals surface area contributed by atoms with Crippen LogP contribution in [0.3, 0.4) is 0 Å². The summed E-state index contributed by atoms with van der Waals surface area (Å²) in [5.41, 5.74) is 4.96. The maximum atomic E-state index is 12.6. The van der Waals surface area contributed by atoms with Crippen molar-refractivity contribution >= 4 is 33.5 Å². The molecule has 0 aliphatic carbocycles. The summed E-state index contributed by atoms with van der Waals surface area (Å²) in [4.78, 5) is 17.2. The first-order valence-electron chi connectivity index (χ1n) is 9.43. The average Bonchev–Trinajstić information content (AvgIpc) is 3.17. The quantitative estimate of drug-likeness (QED) is 0.406. The highest BCUT2D eigenvalue weighted by atomic mass is 16.3. The molecule has 1 N–H and O–H groups in total. The van der Waals surface area contributed by atoms with Crippen LogP contribution in [0.25, 0.3) is 33.3 Å². The van der Waals surface area contributed by atoms with Crippen molar-refractivity contribution < 1.29 is 9.21 Å². The molecular weight excluding hydrogens is 360 g/mol. The number of nitrogens with one attached hydrogen (secondary N) is 1. The van der Waals surface area contributed by atoms with Gasteiger partial charge in [0.25, 0.3) is 5.91 Å². The Morgan fingerprint density at radius 3 is 2.48 bits per heavy atom. The van der Waals surface area contributed by atoms with E-state index >= 15 is 0 Å². The Morgan fingerprint density at radius 2 is 1.66 bits per heavy atom. The summed E-state index contributed by atoms with van der Waals surface area (Å²) in [7, 11) is 0. The molecule has 4 aromatic carbocycles. The van der Waals surface area contributed by atoms with E-state index in [1.807, 2.05) is 91.9 Å². The minimum Gasteiger partial charge on any atom is -0.436 e. The summed E-state index contributed by atoms with van der Waals surface area (Å²) >= 11 is 0. The molecule has 1 aromatic heterocycles. The van der Waals surface area contributed by atoms with Gasteiger partial charge in [-0.1, -0.05) is 36.4 Å². The van der Waals surface area contributed by atoms with Crippen LogP contribution >= 0.6 is 0 Å². The predicted molar refractivity (Wildman–Crippen MR) is 116 cm³/mol. The van der Waals surface area contributed by atoms with Crippen molar-refractivity contribution in [1.29, 1.82) is 0 Å². The van der Waals surface area contributed by atoms with Crippen LogP contribution in [0, 0.1) is 6.92 Å². The number of rotatable bonds is 3. The Bertz CT molecular complexity index is 1350. The molecule has 1 amide bonds. The van der Waals surface area contributed by atoms with E-state index < -0.39 is 0 Å². The second-order valence-electron chi connectivity index (χ2n) is 7.08. The van der Waals surface area contributed by atoms with Crippen LogP contribution in [-0.4, -0.2) is 10.9 Å². The van der Waals surface area contributed by atoms with Crippen LogP contribution < -0.4 is 5.32 Å². The van der Waals surface area contributed by atoms with E-state index in [4.69, 9.17) is 4.42 Å². The van der Waals surface area contributed by atoms with E-state index in [2.05, 4.69) is 10.3 Å². The average molecular weight is 378 g/mol. The van der Waals surface area contributed by atoms with Gasteiger partial charge in [-0.3, -0.25) is 4.79 Å². The van der Waals surface area contributed by atoms with E-state index in [0.29, 0.717) is 11.5 Å². The normalized spacial score (nSPS) is 11.1. The number of anilines is 1. The fourth-order valence-corrected chi connectivity index (χ4v) is 3.39. The summed E-state index contributed by atoms with van der Waals surface area (Å²) in [5.74, 6) is 0.429. The van der Waals surface area contributed by atoms with Crippen molar-refractivity contribution in [3.63, 3.8) is 0 Å². The first-order valence-corrected chi connectivity index (χ1v) is 9.43. The molecule has 1 heterocycles. The van der Waals surface area contributed by atoms with Gasteiger partial charge < -0.3 is 9.73 Å². The lowest BCUT2D eigenvalue weighted by Crippen LogP contribution is -2.11. The van der Waals surface area contributed by atoms with Gasteiger partial charge in [0, 0.05) is 16.8 Å². The molecule has 29 heavy (non-hydrogen) atoms. The standard InChI is InChI=1S/C25H18N2O2/c1-16-6-13-23-22(14-16)27-25(29-23)18-9-11-21(12-10-18)26-24(28)20-8-7-17-4-2-3-5-19(17)15-20/h2-15H,1H3,(H,26,28). The smallest absolute Gasteiger partial charge is 0.255 e. The third-order valence-corrected chi connectivity index (χ3v) is 4.94. The number of carbonyl (C=O) groups is 1. The molecule has 0 aliphatic heterocycles. The van der Waals surface area contributed by atoms with Crippen molar-refractivity contribution in [2.75, 3.05) is 5.32 Å². The van der Waals surface area contributed by atoms with Gasteiger partial charge >= 0.3 is 0 Å². The van der Waals surface area contributed by atoms with Gasteiger partial charge in [0.2, 0.25) is 5.89 Å². The fraction of sp³-hybridized carbons (Fsp3) is 0.0400. The number of benzene rings is 4. The molecule has 4 heteroatoms. The second-order valence-corrected chi connectivity index (χ2v) is 7.08. The molecule has 0 radical (unpaired) electrons. The van der Waals surface area contributed by atoms with E-state index in [9.17, 15) is 4.79 Å². The predicted octanol–water partition coefficient (Wildman–Crippen LogP) is 6.21. The molecule has 5 rings (SSSR count). The van der Waals surface area contributed by atoms with Gasteiger partial charge in [-0.15, -0.1) is 0 Å². The zero-order valence-corrected chi connectivity index (χ0v) is 15.8. The highest BCUT2D eigenvalue weighted by Crippen LogP contribution is 2.26. The Hall–Kier alpha value is -3.92. The number of amides is 1. The summed E-state index contributed by atoms with van der Waals surface area (Å²) in [6, 6.07) is 27.1. The van der Waals surface area contributed by atoms with Crippen molar-refractivity contribution in [3.05, 3.63) is 96.1 Å². The Morgan fingerprint density at radius 1 is 0.862 bits per heavy atom. The number of aromatic nitrogens is 1. The van der Waals surface area contributed by atoms with Crippen LogP contribution in [0.5, 0.6) is 0 Å². The maximum absolute atomic E-state index is 12.6. The Labute approximate surface area is 167 Å². The zero-order chi connectivity index (χ0) is 19.8. The fourth-order valence-electron chi connectivity index (χ4n) is 3.39. The molecule has 0 bridgehead atoms. The maximum Gasteiger partial charge on any atom is 0.255 e. The van der Waals surface area contributed by atoms with Gasteiger partial charge in [-0.05, 0) is 71.8 Å². The molecule has 5 aromatic rings. The number of nitrogens with zero attached hydrogens (tertiary/aromatic N) is 1. The van der Waals surface area contributed by atoms with Gasteiger partial charge in [-0.25, -0.2) is 4.98 Å². The minimum absolute atomic E-state index is 0.138. The summed E-state index contributed by atoms with van der Waals surface area (Å²) in [6.07, 6.45) is 0. The second kappa shape index (κ2) is 6.91. The molecular formula is C25H18N2O2. The number of carbonyl (C=O) groups excluding carboxylic acids is 1. The molecule has 0 atom stereocenters. The Kier molecular flexibility index (Phi) is 4.10. The Balaban J connectivity index is 1.37.